The van der Waals surface area contributed by atoms with Crippen molar-refractivity contribution in [2.24, 2.45) is 0 Å². The second-order valence-electron chi connectivity index (χ2n) is 17.6. The van der Waals surface area contributed by atoms with E-state index < -0.39 is 49.5 Å². The molecule has 0 aromatic rings. The predicted octanol–water partition coefficient (Wildman–Crippen LogP) is 11.1. The molecule has 0 aliphatic carbocycles. The number of carbonyl (C=O) groups is 1. The summed E-state index contributed by atoms with van der Waals surface area (Å²) in [6.45, 7) is 3.83. The lowest BCUT2D eigenvalue weighted by Gasteiger charge is -2.40. The van der Waals surface area contributed by atoms with Crippen molar-refractivity contribution in [2.75, 3.05) is 13.2 Å². The van der Waals surface area contributed by atoms with E-state index in [1.165, 1.54) is 161 Å². The van der Waals surface area contributed by atoms with Crippen LogP contribution in [0, 0.1) is 0 Å². The third-order valence-electron chi connectivity index (χ3n) is 12.1. The van der Waals surface area contributed by atoms with Crippen LogP contribution in [0.25, 0.3) is 0 Å². The van der Waals surface area contributed by atoms with Gasteiger partial charge in [-0.15, -0.1) is 0 Å². The van der Waals surface area contributed by atoms with Gasteiger partial charge in [-0.1, -0.05) is 205 Å². The number of amides is 1. The first-order valence-electron chi connectivity index (χ1n) is 25.0. The number of hydrogen-bond donors (Lipinski definition) is 6. The quantitative estimate of drug-likeness (QED) is 0.0263. The largest absolute Gasteiger partial charge is 0.394 e. The molecule has 0 spiro atoms. The Morgan fingerprint density at radius 3 is 1.46 bits per heavy atom. The molecule has 0 bridgehead atoms. The summed E-state index contributed by atoms with van der Waals surface area (Å²) in [5.41, 5.74) is 0. The van der Waals surface area contributed by atoms with Crippen LogP contribution in [0.4, 0.5) is 0 Å². The molecular formula is C50H95NO8. The van der Waals surface area contributed by atoms with Gasteiger partial charge in [0.05, 0.1) is 25.4 Å². The molecule has 6 N–H and O–H groups in total. The minimum atomic E-state index is -1.55. The van der Waals surface area contributed by atoms with E-state index in [0.717, 1.165) is 44.9 Å². The lowest BCUT2D eigenvalue weighted by atomic mass is 9.99. The van der Waals surface area contributed by atoms with E-state index in [2.05, 4.69) is 43.5 Å². The second-order valence-corrected chi connectivity index (χ2v) is 17.6. The van der Waals surface area contributed by atoms with Crippen molar-refractivity contribution < 1.29 is 39.8 Å². The molecule has 7 atom stereocenters. The SMILES string of the molecule is CCCCCCC/C=C\C/C=C\CCCCCCCCCCCCCC(=O)NC(COC1OC(CO)C(O)C(O)C1O)C(O)CCCCCCCCCCCCCCC. The Morgan fingerprint density at radius 1 is 0.576 bits per heavy atom. The molecular weight excluding hydrogens is 743 g/mol. The Morgan fingerprint density at radius 2 is 1.00 bits per heavy atom. The highest BCUT2D eigenvalue weighted by atomic mass is 16.7. The van der Waals surface area contributed by atoms with Crippen LogP contribution < -0.4 is 5.32 Å². The predicted molar refractivity (Wildman–Crippen MR) is 244 cm³/mol. The minimum Gasteiger partial charge on any atom is -0.394 e. The Bertz CT molecular complexity index is 977. The Balaban J connectivity index is 2.24. The molecule has 9 heteroatoms. The summed E-state index contributed by atoms with van der Waals surface area (Å²) < 4.78 is 11.3. The highest BCUT2D eigenvalue weighted by Gasteiger charge is 2.44. The van der Waals surface area contributed by atoms with Crippen molar-refractivity contribution >= 4 is 5.91 Å². The summed E-state index contributed by atoms with van der Waals surface area (Å²) in [5.74, 6) is -0.146. The number of rotatable bonds is 42. The molecule has 0 saturated carbocycles. The van der Waals surface area contributed by atoms with E-state index in [9.17, 15) is 30.3 Å². The van der Waals surface area contributed by atoms with E-state index in [1.54, 1.807) is 0 Å². The molecule has 0 radical (unpaired) electrons. The summed E-state index contributed by atoms with van der Waals surface area (Å²) in [6.07, 6.45) is 41.9. The van der Waals surface area contributed by atoms with E-state index in [0.29, 0.717) is 12.8 Å². The summed E-state index contributed by atoms with van der Waals surface area (Å²) >= 11 is 0. The van der Waals surface area contributed by atoms with Crippen molar-refractivity contribution in [1.29, 1.82) is 0 Å². The zero-order chi connectivity index (χ0) is 43.0. The fourth-order valence-corrected chi connectivity index (χ4v) is 8.02. The number of aliphatic hydroxyl groups excluding tert-OH is 5. The van der Waals surface area contributed by atoms with Crippen LogP contribution in [-0.4, -0.2) is 87.5 Å². The number of hydrogen-bond acceptors (Lipinski definition) is 8. The number of carbonyl (C=O) groups excluding carboxylic acids is 1. The van der Waals surface area contributed by atoms with E-state index in [-0.39, 0.29) is 12.5 Å². The highest BCUT2D eigenvalue weighted by molar-refractivity contribution is 5.76. The maximum Gasteiger partial charge on any atom is 0.220 e. The number of aliphatic hydroxyl groups is 5. The highest BCUT2D eigenvalue weighted by Crippen LogP contribution is 2.23. The van der Waals surface area contributed by atoms with Gasteiger partial charge in [0.1, 0.15) is 24.4 Å². The first-order valence-corrected chi connectivity index (χ1v) is 25.0. The fraction of sp³-hybridized carbons (Fsp3) is 0.900. The maximum atomic E-state index is 13.0. The van der Waals surface area contributed by atoms with Gasteiger partial charge in [-0.05, 0) is 44.9 Å². The van der Waals surface area contributed by atoms with Gasteiger partial charge in [-0.2, -0.15) is 0 Å². The lowest BCUT2D eigenvalue weighted by molar-refractivity contribution is -0.302. The normalized spacial score (nSPS) is 20.8. The van der Waals surface area contributed by atoms with Gasteiger partial charge in [0.25, 0.3) is 0 Å². The topological polar surface area (TPSA) is 149 Å². The van der Waals surface area contributed by atoms with Crippen molar-refractivity contribution in [2.45, 2.75) is 275 Å². The van der Waals surface area contributed by atoms with Gasteiger partial charge in [0.2, 0.25) is 5.91 Å². The Hall–Kier alpha value is -1.33. The van der Waals surface area contributed by atoms with E-state index >= 15 is 0 Å². The van der Waals surface area contributed by atoms with Gasteiger partial charge in [-0.25, -0.2) is 0 Å². The average Bonchev–Trinajstić information content (AvgIpc) is 3.23. The van der Waals surface area contributed by atoms with Crippen LogP contribution >= 0.6 is 0 Å². The fourth-order valence-electron chi connectivity index (χ4n) is 8.02. The second kappa shape index (κ2) is 40.7. The molecule has 7 unspecified atom stereocenters. The van der Waals surface area contributed by atoms with Crippen LogP contribution in [0.3, 0.4) is 0 Å². The molecule has 1 amide bonds. The number of allylic oxidation sites excluding steroid dienone is 4. The van der Waals surface area contributed by atoms with Gasteiger partial charge < -0.3 is 40.3 Å². The minimum absolute atomic E-state index is 0.137. The summed E-state index contributed by atoms with van der Waals surface area (Å²) in [7, 11) is 0. The number of nitrogens with one attached hydrogen (secondary N) is 1. The monoisotopic (exact) mass is 838 g/mol. The number of ether oxygens (including phenoxy) is 2. The molecule has 1 saturated heterocycles. The van der Waals surface area contributed by atoms with Crippen LogP contribution in [0.2, 0.25) is 0 Å². The molecule has 1 heterocycles. The van der Waals surface area contributed by atoms with Crippen LogP contribution in [0.1, 0.15) is 232 Å². The van der Waals surface area contributed by atoms with Gasteiger partial charge >= 0.3 is 0 Å². The average molecular weight is 838 g/mol. The van der Waals surface area contributed by atoms with Crippen molar-refractivity contribution in [3.63, 3.8) is 0 Å². The molecule has 59 heavy (non-hydrogen) atoms. The van der Waals surface area contributed by atoms with Crippen LogP contribution in [0.15, 0.2) is 24.3 Å². The molecule has 0 aromatic heterocycles. The van der Waals surface area contributed by atoms with Crippen molar-refractivity contribution in [1.82, 2.24) is 5.32 Å². The molecule has 9 nitrogen and oxygen atoms in total. The molecule has 348 valence electrons. The van der Waals surface area contributed by atoms with Crippen molar-refractivity contribution in [3.05, 3.63) is 24.3 Å². The lowest BCUT2D eigenvalue weighted by Crippen LogP contribution is -2.60. The van der Waals surface area contributed by atoms with E-state index in [1.807, 2.05) is 0 Å². The zero-order valence-corrected chi connectivity index (χ0v) is 38.3. The summed E-state index contributed by atoms with van der Waals surface area (Å²) in [4.78, 5) is 13.0. The summed E-state index contributed by atoms with van der Waals surface area (Å²) in [5, 5.41) is 54.4. The Labute approximate surface area is 362 Å². The molecule has 1 fully saturated rings. The van der Waals surface area contributed by atoms with Gasteiger partial charge in [-0.3, -0.25) is 4.79 Å². The number of unbranched alkanes of at least 4 members (excludes halogenated alkanes) is 28. The van der Waals surface area contributed by atoms with E-state index in [4.69, 9.17) is 9.47 Å². The maximum absolute atomic E-state index is 13.0. The van der Waals surface area contributed by atoms with Crippen molar-refractivity contribution in [3.8, 4) is 0 Å². The smallest absolute Gasteiger partial charge is 0.220 e. The third kappa shape index (κ3) is 31.2. The van der Waals surface area contributed by atoms with Crippen LogP contribution in [0.5, 0.6) is 0 Å². The molecule has 1 aliphatic rings. The standard InChI is InChI=1S/C50H95NO8/c1-3-5-7-9-11-13-15-17-18-19-20-21-22-23-24-25-26-28-30-32-34-36-38-40-46(54)51-43(42-58-50-49(57)48(56)47(55)45(41-52)59-50)44(53)39-37-35-33-31-29-27-16-14-12-10-8-6-4-2/h15,17,19-20,43-45,47-50,52-53,55-57H,3-14,16,18,21-42H2,1-2H3,(H,51,54)/b17-15-,20-19-. The molecule has 1 aliphatic heterocycles. The zero-order valence-electron chi connectivity index (χ0n) is 38.3. The first kappa shape index (κ1) is 55.7. The Kier molecular flexibility index (Phi) is 38.4. The van der Waals surface area contributed by atoms with Gasteiger partial charge in [0, 0.05) is 6.42 Å². The third-order valence-corrected chi connectivity index (χ3v) is 12.1. The first-order chi connectivity index (χ1) is 28.8. The molecule has 1 rings (SSSR count). The van der Waals surface area contributed by atoms with Crippen LogP contribution in [-0.2, 0) is 14.3 Å². The van der Waals surface area contributed by atoms with Gasteiger partial charge in [0.15, 0.2) is 6.29 Å². The molecule has 0 aromatic carbocycles. The summed E-state index contributed by atoms with van der Waals surface area (Å²) in [6, 6.07) is -0.717.